The molecule has 29 heavy (non-hydrogen) atoms. The second-order valence-electron chi connectivity index (χ2n) is 6.66. The highest BCUT2D eigenvalue weighted by molar-refractivity contribution is 8.00. The summed E-state index contributed by atoms with van der Waals surface area (Å²) in [4.78, 5) is 20.1. The predicted molar refractivity (Wildman–Crippen MR) is 122 cm³/mol. The van der Waals surface area contributed by atoms with Gasteiger partial charge < -0.3 is 10.3 Å². The summed E-state index contributed by atoms with van der Waals surface area (Å²) in [6, 6.07) is 16.0. The van der Waals surface area contributed by atoms with E-state index in [9.17, 15) is 4.79 Å². The van der Waals surface area contributed by atoms with Crippen LogP contribution in [0.4, 0.5) is 0 Å². The number of nitrogens with one attached hydrogen (secondary N) is 2. The Kier molecular flexibility index (Phi) is 6.54. The zero-order chi connectivity index (χ0) is 20.1. The molecule has 0 spiro atoms. The molecule has 148 valence electrons. The molecule has 0 aliphatic carbocycles. The molecule has 0 saturated heterocycles. The number of aromatic amines is 1. The number of benzene rings is 2. The van der Waals surface area contributed by atoms with Crippen LogP contribution in [0.1, 0.15) is 16.8 Å². The summed E-state index contributed by atoms with van der Waals surface area (Å²) in [6.45, 7) is 0.614. The van der Waals surface area contributed by atoms with E-state index in [1.54, 1.807) is 23.1 Å². The fourth-order valence-corrected chi connectivity index (χ4v) is 4.99. The van der Waals surface area contributed by atoms with Gasteiger partial charge in [0, 0.05) is 39.8 Å². The summed E-state index contributed by atoms with van der Waals surface area (Å²) in [6.07, 6.45) is 3.13. The topological polar surface area (TPSA) is 57.8 Å². The van der Waals surface area contributed by atoms with Crippen molar-refractivity contribution in [2.24, 2.45) is 0 Å². The molecule has 4 aromatic rings. The van der Waals surface area contributed by atoms with Gasteiger partial charge in [0.2, 0.25) is 5.91 Å². The van der Waals surface area contributed by atoms with Gasteiger partial charge in [-0.2, -0.15) is 0 Å². The van der Waals surface area contributed by atoms with E-state index in [2.05, 4.69) is 27.4 Å². The SMILES string of the molecule is O=C(Cc1csc(SCc2ccc(Cl)cc2)n1)NCCc1c[nH]c2ccccc12. The van der Waals surface area contributed by atoms with E-state index in [4.69, 9.17) is 11.6 Å². The molecule has 2 aromatic heterocycles. The third-order valence-corrected chi connectivity index (χ3v) is 6.93. The second-order valence-corrected chi connectivity index (χ2v) is 9.17. The summed E-state index contributed by atoms with van der Waals surface area (Å²) in [7, 11) is 0. The van der Waals surface area contributed by atoms with Crippen LogP contribution in [0, 0.1) is 0 Å². The van der Waals surface area contributed by atoms with Crippen molar-refractivity contribution in [2.45, 2.75) is 22.9 Å². The molecular weight excluding hydrogens is 422 g/mol. The molecule has 1 amide bonds. The van der Waals surface area contributed by atoms with Crippen molar-refractivity contribution in [2.75, 3.05) is 6.54 Å². The molecule has 0 aliphatic rings. The van der Waals surface area contributed by atoms with Crippen LogP contribution in [0.5, 0.6) is 0 Å². The van der Waals surface area contributed by atoms with Gasteiger partial charge in [-0.05, 0) is 35.7 Å². The van der Waals surface area contributed by atoms with Gasteiger partial charge in [-0.25, -0.2) is 4.98 Å². The van der Waals surface area contributed by atoms with E-state index in [-0.39, 0.29) is 5.91 Å². The van der Waals surface area contributed by atoms with E-state index in [0.717, 1.165) is 32.7 Å². The van der Waals surface area contributed by atoms with Crippen molar-refractivity contribution in [1.29, 1.82) is 0 Å². The normalized spacial score (nSPS) is 11.1. The molecule has 4 nitrogen and oxygen atoms in total. The first-order chi connectivity index (χ1) is 14.2. The smallest absolute Gasteiger partial charge is 0.226 e. The number of H-pyrrole nitrogens is 1. The number of thiazole rings is 1. The third-order valence-electron chi connectivity index (χ3n) is 4.54. The Morgan fingerprint density at radius 3 is 2.86 bits per heavy atom. The highest BCUT2D eigenvalue weighted by atomic mass is 35.5. The van der Waals surface area contributed by atoms with Crippen molar-refractivity contribution < 1.29 is 4.79 Å². The van der Waals surface area contributed by atoms with Crippen LogP contribution in [0.2, 0.25) is 5.02 Å². The van der Waals surface area contributed by atoms with Crippen molar-refractivity contribution in [3.63, 3.8) is 0 Å². The molecule has 0 fully saturated rings. The zero-order valence-electron chi connectivity index (χ0n) is 15.7. The number of carbonyl (C=O) groups excluding carboxylic acids is 1. The lowest BCUT2D eigenvalue weighted by molar-refractivity contribution is -0.120. The number of para-hydroxylation sites is 1. The Morgan fingerprint density at radius 1 is 1.17 bits per heavy atom. The molecule has 2 heterocycles. The van der Waals surface area contributed by atoms with Gasteiger partial charge in [0.1, 0.15) is 4.34 Å². The maximum absolute atomic E-state index is 12.3. The summed E-state index contributed by atoms with van der Waals surface area (Å²) in [5.74, 6) is 0.838. The molecule has 0 bridgehead atoms. The predicted octanol–water partition coefficient (Wildman–Crippen LogP) is 5.47. The van der Waals surface area contributed by atoms with Gasteiger partial charge in [-0.15, -0.1) is 11.3 Å². The molecule has 4 rings (SSSR count). The van der Waals surface area contributed by atoms with Crippen LogP contribution >= 0.6 is 34.7 Å². The fourth-order valence-electron chi connectivity index (χ4n) is 3.06. The number of fused-ring (bicyclic) bond motifs is 1. The summed E-state index contributed by atoms with van der Waals surface area (Å²) < 4.78 is 0.974. The Bertz CT molecular complexity index is 1100. The number of hydrogen-bond donors (Lipinski definition) is 2. The van der Waals surface area contributed by atoms with Crippen LogP contribution in [0.25, 0.3) is 10.9 Å². The number of amides is 1. The van der Waals surface area contributed by atoms with Gasteiger partial charge in [0.15, 0.2) is 0 Å². The minimum atomic E-state index is 0.00407. The van der Waals surface area contributed by atoms with Gasteiger partial charge in [0.05, 0.1) is 12.1 Å². The van der Waals surface area contributed by atoms with Gasteiger partial charge >= 0.3 is 0 Å². The van der Waals surface area contributed by atoms with Crippen LogP contribution in [-0.4, -0.2) is 22.4 Å². The largest absolute Gasteiger partial charge is 0.361 e. The number of carbonyl (C=O) groups is 1. The standard InChI is InChI=1S/C22H20ClN3OS2/c23-17-7-5-15(6-8-17)13-28-22-26-18(14-29-22)11-21(27)24-10-9-16-12-25-20-4-2-1-3-19(16)20/h1-8,12,14,25H,9-11,13H2,(H,24,27). The molecule has 0 radical (unpaired) electrons. The van der Waals surface area contributed by atoms with E-state index < -0.39 is 0 Å². The maximum Gasteiger partial charge on any atom is 0.226 e. The van der Waals surface area contributed by atoms with Crippen molar-refractivity contribution in [3.8, 4) is 0 Å². The van der Waals surface area contributed by atoms with E-state index in [0.29, 0.717) is 13.0 Å². The fraction of sp³-hybridized carbons (Fsp3) is 0.182. The first-order valence-electron chi connectivity index (χ1n) is 9.31. The Labute approximate surface area is 182 Å². The molecule has 2 N–H and O–H groups in total. The molecule has 0 aliphatic heterocycles. The monoisotopic (exact) mass is 441 g/mol. The molecule has 7 heteroatoms. The average molecular weight is 442 g/mol. The van der Waals surface area contributed by atoms with E-state index >= 15 is 0 Å². The summed E-state index contributed by atoms with van der Waals surface area (Å²) in [5, 5.41) is 6.91. The minimum absolute atomic E-state index is 0.00407. The summed E-state index contributed by atoms with van der Waals surface area (Å²) in [5.41, 5.74) is 4.36. The van der Waals surface area contributed by atoms with Gasteiger partial charge in [-0.3, -0.25) is 4.79 Å². The molecular formula is C22H20ClN3OS2. The van der Waals surface area contributed by atoms with Crippen molar-refractivity contribution >= 4 is 51.5 Å². The maximum atomic E-state index is 12.3. The molecule has 2 aromatic carbocycles. The number of thioether (sulfide) groups is 1. The molecule has 0 atom stereocenters. The molecule has 0 unspecified atom stereocenters. The second kappa shape index (κ2) is 9.48. The number of hydrogen-bond acceptors (Lipinski definition) is 4. The van der Waals surface area contributed by atoms with E-state index in [1.165, 1.54) is 16.5 Å². The van der Waals surface area contributed by atoms with Crippen LogP contribution in [0.15, 0.2) is 64.4 Å². The summed E-state index contributed by atoms with van der Waals surface area (Å²) >= 11 is 9.17. The lowest BCUT2D eigenvalue weighted by Crippen LogP contribution is -2.27. The van der Waals surface area contributed by atoms with Crippen LogP contribution in [-0.2, 0) is 23.4 Å². The first-order valence-corrected chi connectivity index (χ1v) is 11.5. The third kappa shape index (κ3) is 5.41. The first kappa shape index (κ1) is 20.0. The Morgan fingerprint density at radius 2 is 2.00 bits per heavy atom. The van der Waals surface area contributed by atoms with Crippen molar-refractivity contribution in [3.05, 3.63) is 82.0 Å². The zero-order valence-corrected chi connectivity index (χ0v) is 18.0. The van der Waals surface area contributed by atoms with E-state index in [1.807, 2.05) is 48.0 Å². The lowest BCUT2D eigenvalue weighted by Gasteiger charge is -2.03. The number of nitrogens with zero attached hydrogens (tertiary/aromatic N) is 1. The number of rotatable bonds is 8. The number of halogens is 1. The minimum Gasteiger partial charge on any atom is -0.361 e. The molecule has 0 saturated carbocycles. The van der Waals surface area contributed by atoms with Crippen LogP contribution in [0.3, 0.4) is 0 Å². The average Bonchev–Trinajstić information content (AvgIpc) is 3.35. The quantitative estimate of drug-likeness (QED) is 0.356. The Balaban J connectivity index is 1.23. The number of aromatic nitrogens is 2. The van der Waals surface area contributed by atoms with Crippen LogP contribution < -0.4 is 5.32 Å². The van der Waals surface area contributed by atoms with Crippen molar-refractivity contribution in [1.82, 2.24) is 15.3 Å². The van der Waals surface area contributed by atoms with Gasteiger partial charge in [-0.1, -0.05) is 53.7 Å². The Hall–Kier alpha value is -2.28. The highest BCUT2D eigenvalue weighted by Crippen LogP contribution is 2.27. The highest BCUT2D eigenvalue weighted by Gasteiger charge is 2.09. The van der Waals surface area contributed by atoms with Gasteiger partial charge in [0.25, 0.3) is 0 Å². The lowest BCUT2D eigenvalue weighted by atomic mass is 10.1.